The number of benzene rings is 1. The molecule has 2 rings (SSSR count). The van der Waals surface area contributed by atoms with Gasteiger partial charge >= 0.3 is 5.97 Å². The molecule has 0 amide bonds. The van der Waals surface area contributed by atoms with Crippen molar-refractivity contribution >= 4 is 17.6 Å². The Labute approximate surface area is 113 Å². The standard InChI is InChI=1S/C13H9ClFNO3/c1-7-4-5-16-12(11(7)13(17)18)19-8-2-3-10(15)9(14)6-8/h2-6H,1H3,(H,17,18). The van der Waals surface area contributed by atoms with Gasteiger partial charge in [-0.3, -0.25) is 0 Å². The van der Waals surface area contributed by atoms with Gasteiger partial charge in [0.15, 0.2) is 0 Å². The fourth-order valence-electron chi connectivity index (χ4n) is 1.52. The molecule has 0 unspecified atom stereocenters. The molecular weight excluding hydrogens is 273 g/mol. The lowest BCUT2D eigenvalue weighted by Crippen LogP contribution is -2.04. The molecule has 1 heterocycles. The number of halogens is 2. The zero-order valence-corrected chi connectivity index (χ0v) is 10.6. The zero-order chi connectivity index (χ0) is 14.0. The molecule has 0 saturated heterocycles. The normalized spacial score (nSPS) is 10.3. The van der Waals surface area contributed by atoms with Crippen molar-refractivity contribution in [2.75, 3.05) is 0 Å². The van der Waals surface area contributed by atoms with E-state index < -0.39 is 11.8 Å². The van der Waals surface area contributed by atoms with E-state index in [9.17, 15) is 9.18 Å². The molecule has 4 nitrogen and oxygen atoms in total. The van der Waals surface area contributed by atoms with Gasteiger partial charge in [-0.2, -0.15) is 0 Å². The number of nitrogens with zero attached hydrogens (tertiary/aromatic N) is 1. The molecule has 1 aromatic heterocycles. The molecule has 1 N–H and O–H groups in total. The number of hydrogen-bond donors (Lipinski definition) is 1. The summed E-state index contributed by atoms with van der Waals surface area (Å²) in [5, 5.41) is 9.01. The Bertz CT molecular complexity index is 646. The first-order valence-electron chi connectivity index (χ1n) is 5.31. The van der Waals surface area contributed by atoms with Crippen molar-refractivity contribution in [3.05, 3.63) is 52.4 Å². The average molecular weight is 282 g/mol. The Morgan fingerprint density at radius 1 is 1.42 bits per heavy atom. The maximum atomic E-state index is 13.0. The lowest BCUT2D eigenvalue weighted by Gasteiger charge is -2.09. The summed E-state index contributed by atoms with van der Waals surface area (Å²) in [6.45, 7) is 1.63. The SMILES string of the molecule is Cc1ccnc(Oc2ccc(F)c(Cl)c2)c1C(=O)O. The van der Waals surface area contributed by atoms with Gasteiger partial charge in [-0.1, -0.05) is 11.6 Å². The lowest BCUT2D eigenvalue weighted by atomic mass is 10.1. The van der Waals surface area contributed by atoms with Crippen molar-refractivity contribution in [1.82, 2.24) is 4.98 Å². The molecule has 2 aromatic rings. The van der Waals surface area contributed by atoms with Crippen molar-refractivity contribution in [3.63, 3.8) is 0 Å². The number of aromatic carboxylic acids is 1. The molecule has 0 spiro atoms. The summed E-state index contributed by atoms with van der Waals surface area (Å²) < 4.78 is 18.4. The zero-order valence-electron chi connectivity index (χ0n) is 9.85. The van der Waals surface area contributed by atoms with E-state index in [0.29, 0.717) is 5.56 Å². The van der Waals surface area contributed by atoms with Crippen LogP contribution in [0.4, 0.5) is 4.39 Å². The van der Waals surface area contributed by atoms with Gasteiger partial charge in [0, 0.05) is 12.3 Å². The number of carboxylic acid groups (broad SMARTS) is 1. The molecule has 0 fully saturated rings. The van der Waals surface area contributed by atoms with E-state index in [1.54, 1.807) is 13.0 Å². The van der Waals surface area contributed by atoms with E-state index in [1.807, 2.05) is 0 Å². The molecule has 19 heavy (non-hydrogen) atoms. The lowest BCUT2D eigenvalue weighted by molar-refractivity contribution is 0.0692. The predicted molar refractivity (Wildman–Crippen MR) is 67.4 cm³/mol. The minimum atomic E-state index is -1.14. The fourth-order valence-corrected chi connectivity index (χ4v) is 1.69. The summed E-state index contributed by atoms with van der Waals surface area (Å²) in [6, 6.07) is 5.30. The van der Waals surface area contributed by atoms with Crippen LogP contribution in [0.3, 0.4) is 0 Å². The molecule has 0 aliphatic heterocycles. The van der Waals surface area contributed by atoms with Gasteiger partial charge in [0.25, 0.3) is 0 Å². The number of ether oxygens (including phenoxy) is 1. The first-order chi connectivity index (χ1) is 8.99. The van der Waals surface area contributed by atoms with Crippen molar-refractivity contribution < 1.29 is 19.0 Å². The summed E-state index contributed by atoms with van der Waals surface area (Å²) in [5.41, 5.74) is 0.480. The smallest absolute Gasteiger partial charge is 0.341 e. The number of aromatic nitrogens is 1. The van der Waals surface area contributed by atoms with Gasteiger partial charge in [0.1, 0.15) is 17.1 Å². The first kappa shape index (κ1) is 13.3. The molecule has 0 aliphatic rings. The third kappa shape index (κ3) is 2.82. The van der Waals surface area contributed by atoms with Gasteiger partial charge < -0.3 is 9.84 Å². The number of hydrogen-bond acceptors (Lipinski definition) is 3. The third-order valence-electron chi connectivity index (χ3n) is 2.44. The summed E-state index contributed by atoms with van der Waals surface area (Å²) >= 11 is 5.62. The Balaban J connectivity index is 2.40. The van der Waals surface area contributed by atoms with Crippen LogP contribution in [-0.4, -0.2) is 16.1 Å². The van der Waals surface area contributed by atoms with Crippen LogP contribution >= 0.6 is 11.6 Å². The summed E-state index contributed by atoms with van der Waals surface area (Å²) in [4.78, 5) is 15.0. The van der Waals surface area contributed by atoms with E-state index in [-0.39, 0.29) is 22.2 Å². The molecule has 0 saturated carbocycles. The number of aryl methyl sites for hydroxylation is 1. The van der Waals surface area contributed by atoms with E-state index in [0.717, 1.165) is 6.07 Å². The van der Waals surface area contributed by atoms with Crippen LogP contribution in [-0.2, 0) is 0 Å². The van der Waals surface area contributed by atoms with Gasteiger partial charge in [0.2, 0.25) is 5.88 Å². The molecule has 6 heteroatoms. The Hall–Kier alpha value is -2.14. The number of carboxylic acids is 1. The summed E-state index contributed by atoms with van der Waals surface area (Å²) in [7, 11) is 0. The van der Waals surface area contributed by atoms with Crippen LogP contribution in [0.5, 0.6) is 11.6 Å². The largest absolute Gasteiger partial charge is 0.477 e. The Kier molecular flexibility index (Phi) is 3.66. The molecule has 0 radical (unpaired) electrons. The third-order valence-corrected chi connectivity index (χ3v) is 2.73. The number of carbonyl (C=O) groups is 1. The number of pyridine rings is 1. The highest BCUT2D eigenvalue weighted by Gasteiger charge is 2.16. The van der Waals surface area contributed by atoms with Crippen molar-refractivity contribution in [2.45, 2.75) is 6.92 Å². The highest BCUT2D eigenvalue weighted by molar-refractivity contribution is 6.30. The Morgan fingerprint density at radius 3 is 2.79 bits per heavy atom. The maximum Gasteiger partial charge on any atom is 0.341 e. The second kappa shape index (κ2) is 5.24. The topological polar surface area (TPSA) is 59.4 Å². The van der Waals surface area contributed by atoms with Gasteiger partial charge in [-0.25, -0.2) is 14.2 Å². The predicted octanol–water partition coefficient (Wildman–Crippen LogP) is 3.67. The van der Waals surface area contributed by atoms with Crippen molar-refractivity contribution in [1.29, 1.82) is 0 Å². The van der Waals surface area contributed by atoms with Crippen molar-refractivity contribution in [2.24, 2.45) is 0 Å². The highest BCUT2D eigenvalue weighted by atomic mass is 35.5. The van der Waals surface area contributed by atoms with E-state index in [2.05, 4.69) is 4.98 Å². The van der Waals surface area contributed by atoms with E-state index in [1.165, 1.54) is 18.3 Å². The minimum absolute atomic E-state index is 0.0389. The molecular formula is C13H9ClFNO3. The quantitative estimate of drug-likeness (QED) is 0.932. The van der Waals surface area contributed by atoms with E-state index in [4.69, 9.17) is 21.4 Å². The maximum absolute atomic E-state index is 13.0. The average Bonchev–Trinajstić information content (AvgIpc) is 2.33. The molecule has 0 aliphatic carbocycles. The van der Waals surface area contributed by atoms with Crippen LogP contribution in [0.25, 0.3) is 0 Å². The van der Waals surface area contributed by atoms with Gasteiger partial charge in [-0.15, -0.1) is 0 Å². The van der Waals surface area contributed by atoms with Gasteiger partial charge in [0.05, 0.1) is 5.02 Å². The first-order valence-corrected chi connectivity index (χ1v) is 5.68. The van der Waals surface area contributed by atoms with Crippen LogP contribution < -0.4 is 4.74 Å². The molecule has 98 valence electrons. The second-order valence-electron chi connectivity index (χ2n) is 3.79. The minimum Gasteiger partial charge on any atom is -0.477 e. The van der Waals surface area contributed by atoms with Crippen LogP contribution in [0.2, 0.25) is 5.02 Å². The van der Waals surface area contributed by atoms with E-state index >= 15 is 0 Å². The van der Waals surface area contributed by atoms with Crippen molar-refractivity contribution in [3.8, 4) is 11.6 Å². The molecule has 0 atom stereocenters. The summed E-state index contributed by atoms with van der Waals surface area (Å²) in [5.74, 6) is -1.57. The Morgan fingerprint density at radius 2 is 2.16 bits per heavy atom. The highest BCUT2D eigenvalue weighted by Crippen LogP contribution is 2.28. The summed E-state index contributed by atoms with van der Waals surface area (Å²) in [6.07, 6.45) is 1.43. The molecule has 0 bridgehead atoms. The number of rotatable bonds is 3. The van der Waals surface area contributed by atoms with Crippen LogP contribution in [0.15, 0.2) is 30.5 Å². The molecule has 1 aromatic carbocycles. The van der Waals surface area contributed by atoms with Crippen LogP contribution in [0, 0.1) is 12.7 Å². The van der Waals surface area contributed by atoms with Crippen LogP contribution in [0.1, 0.15) is 15.9 Å². The van der Waals surface area contributed by atoms with Gasteiger partial charge in [-0.05, 0) is 30.7 Å². The second-order valence-corrected chi connectivity index (χ2v) is 4.20. The fraction of sp³-hybridized carbons (Fsp3) is 0.0769. The monoisotopic (exact) mass is 281 g/mol.